The third kappa shape index (κ3) is 7.11. The highest BCUT2D eigenvalue weighted by Crippen LogP contribution is 2.28. The van der Waals surface area contributed by atoms with Crippen LogP contribution in [-0.2, 0) is 9.53 Å². The van der Waals surface area contributed by atoms with Gasteiger partial charge in [-0.05, 0) is 25.2 Å². The molecule has 6 nitrogen and oxygen atoms in total. The fraction of sp³-hybridized carbons (Fsp3) is 0.833. The van der Waals surface area contributed by atoms with Crippen molar-refractivity contribution in [2.24, 2.45) is 5.92 Å². The van der Waals surface area contributed by atoms with E-state index >= 15 is 0 Å². The summed E-state index contributed by atoms with van der Waals surface area (Å²) in [5.41, 5.74) is 0. The molecule has 0 aliphatic heterocycles. The monoisotopic (exact) mass is 258 g/mol. The molecule has 1 fully saturated rings. The van der Waals surface area contributed by atoms with Gasteiger partial charge in [0.05, 0.1) is 6.61 Å². The minimum absolute atomic E-state index is 0.0854. The third-order valence-electron chi connectivity index (χ3n) is 2.80. The van der Waals surface area contributed by atoms with Crippen LogP contribution in [0, 0.1) is 5.92 Å². The maximum atomic E-state index is 11.5. The van der Waals surface area contributed by atoms with E-state index in [0.717, 1.165) is 12.5 Å². The third-order valence-corrected chi connectivity index (χ3v) is 2.80. The zero-order valence-electron chi connectivity index (χ0n) is 10.9. The summed E-state index contributed by atoms with van der Waals surface area (Å²) in [6.07, 6.45) is 3.08. The zero-order valence-corrected chi connectivity index (χ0v) is 10.9. The van der Waals surface area contributed by atoms with Crippen LogP contribution in [0.15, 0.2) is 0 Å². The first-order chi connectivity index (χ1) is 8.59. The van der Waals surface area contributed by atoms with Crippen LogP contribution in [-0.4, -0.2) is 55.4 Å². The Kier molecular flexibility index (Phi) is 6.49. The zero-order chi connectivity index (χ0) is 13.4. The number of carboxylic acid groups (broad SMARTS) is 1. The predicted octanol–water partition coefficient (Wildman–Crippen LogP) is 0.919. The smallest absolute Gasteiger partial charge is 0.317 e. The van der Waals surface area contributed by atoms with Crippen molar-refractivity contribution in [3.8, 4) is 0 Å². The molecule has 18 heavy (non-hydrogen) atoms. The summed E-state index contributed by atoms with van der Waals surface area (Å²) in [7, 11) is 1.65. The van der Waals surface area contributed by atoms with Crippen molar-refractivity contribution in [3.05, 3.63) is 0 Å². The fourth-order valence-corrected chi connectivity index (χ4v) is 1.47. The Hall–Kier alpha value is -1.30. The second kappa shape index (κ2) is 7.92. The van der Waals surface area contributed by atoms with Crippen LogP contribution in [0.2, 0.25) is 0 Å². The number of urea groups is 1. The molecule has 0 saturated heterocycles. The highest BCUT2D eigenvalue weighted by Gasteiger charge is 2.20. The number of hydrogen-bond acceptors (Lipinski definition) is 3. The molecule has 0 atom stereocenters. The largest absolute Gasteiger partial charge is 0.481 e. The number of carboxylic acids is 1. The van der Waals surface area contributed by atoms with E-state index in [-0.39, 0.29) is 12.5 Å². The predicted molar refractivity (Wildman–Crippen MR) is 66.4 cm³/mol. The Morgan fingerprint density at radius 1 is 1.44 bits per heavy atom. The lowest BCUT2D eigenvalue weighted by molar-refractivity contribution is -0.137. The molecule has 0 spiro atoms. The van der Waals surface area contributed by atoms with Crippen LogP contribution in [0.4, 0.5) is 4.79 Å². The van der Waals surface area contributed by atoms with Gasteiger partial charge in [0.2, 0.25) is 0 Å². The van der Waals surface area contributed by atoms with Gasteiger partial charge in [-0.2, -0.15) is 0 Å². The van der Waals surface area contributed by atoms with E-state index in [4.69, 9.17) is 9.84 Å². The van der Waals surface area contributed by atoms with E-state index in [2.05, 4.69) is 5.32 Å². The van der Waals surface area contributed by atoms with Crippen molar-refractivity contribution in [1.82, 2.24) is 10.2 Å². The molecule has 0 unspecified atom stereocenters. The van der Waals surface area contributed by atoms with Crippen molar-refractivity contribution in [2.45, 2.75) is 25.7 Å². The summed E-state index contributed by atoms with van der Waals surface area (Å²) in [4.78, 5) is 23.3. The number of carbonyl (C=O) groups excluding carboxylic acids is 1. The molecule has 1 rings (SSSR count). The summed E-state index contributed by atoms with van der Waals surface area (Å²) >= 11 is 0. The molecule has 0 aromatic carbocycles. The summed E-state index contributed by atoms with van der Waals surface area (Å²) in [6.45, 7) is 2.27. The fourth-order valence-electron chi connectivity index (χ4n) is 1.47. The van der Waals surface area contributed by atoms with Crippen molar-refractivity contribution >= 4 is 12.0 Å². The number of nitrogens with zero attached hydrogens (tertiary/aromatic N) is 1. The first-order valence-electron chi connectivity index (χ1n) is 6.38. The topological polar surface area (TPSA) is 78.9 Å². The number of hydrogen-bond donors (Lipinski definition) is 2. The van der Waals surface area contributed by atoms with Gasteiger partial charge in [0.1, 0.15) is 0 Å². The number of carbonyl (C=O) groups is 2. The minimum atomic E-state index is -0.836. The summed E-state index contributed by atoms with van der Waals surface area (Å²) < 4.78 is 5.39. The molecular formula is C12H22N2O4. The first-order valence-corrected chi connectivity index (χ1v) is 6.38. The van der Waals surface area contributed by atoms with E-state index in [9.17, 15) is 9.59 Å². The van der Waals surface area contributed by atoms with Crippen molar-refractivity contribution in [3.63, 3.8) is 0 Å². The lowest BCUT2D eigenvalue weighted by Crippen LogP contribution is -2.39. The van der Waals surface area contributed by atoms with Gasteiger partial charge in [-0.1, -0.05) is 0 Å². The Balaban J connectivity index is 1.94. The Morgan fingerprint density at radius 3 is 2.78 bits per heavy atom. The summed E-state index contributed by atoms with van der Waals surface area (Å²) in [5, 5.41) is 11.2. The average Bonchev–Trinajstić information content (AvgIpc) is 3.11. The number of ether oxygens (including phenoxy) is 1. The normalized spacial score (nSPS) is 14.3. The molecule has 6 heteroatoms. The molecule has 0 heterocycles. The van der Waals surface area contributed by atoms with Gasteiger partial charge in [0.25, 0.3) is 0 Å². The van der Waals surface area contributed by atoms with Crippen LogP contribution in [0.25, 0.3) is 0 Å². The van der Waals surface area contributed by atoms with Crippen molar-refractivity contribution in [2.75, 3.05) is 33.4 Å². The number of aliphatic carboxylic acids is 1. The molecule has 2 N–H and O–H groups in total. The maximum Gasteiger partial charge on any atom is 0.317 e. The molecule has 2 amide bonds. The average molecular weight is 258 g/mol. The molecule has 0 radical (unpaired) electrons. The Bertz CT molecular complexity index is 279. The summed E-state index contributed by atoms with van der Waals surface area (Å²) in [6, 6.07) is -0.185. The molecule has 1 aliphatic carbocycles. The van der Waals surface area contributed by atoms with Crippen LogP contribution in [0.1, 0.15) is 25.7 Å². The van der Waals surface area contributed by atoms with Gasteiger partial charge < -0.3 is 20.1 Å². The van der Waals surface area contributed by atoms with Crippen LogP contribution >= 0.6 is 0 Å². The minimum Gasteiger partial charge on any atom is -0.481 e. The number of amides is 2. The van der Waals surface area contributed by atoms with Gasteiger partial charge in [-0.15, -0.1) is 0 Å². The standard InChI is InChI=1S/C12H22N2O4/c1-14(7-2-3-11(15)16)12(17)13-6-8-18-9-10-4-5-10/h10H,2-9H2,1H3,(H,13,17)(H,15,16). The lowest BCUT2D eigenvalue weighted by atomic mass is 10.3. The van der Waals surface area contributed by atoms with Gasteiger partial charge >= 0.3 is 12.0 Å². The second-order valence-electron chi connectivity index (χ2n) is 4.67. The van der Waals surface area contributed by atoms with E-state index in [1.54, 1.807) is 7.05 Å². The van der Waals surface area contributed by atoms with E-state index in [1.807, 2.05) is 0 Å². The lowest BCUT2D eigenvalue weighted by Gasteiger charge is -2.17. The SMILES string of the molecule is CN(CCCC(=O)O)C(=O)NCCOCC1CC1. The Morgan fingerprint density at radius 2 is 2.17 bits per heavy atom. The molecule has 1 saturated carbocycles. The Labute approximate surface area is 107 Å². The highest BCUT2D eigenvalue weighted by molar-refractivity contribution is 5.73. The number of nitrogens with one attached hydrogen (secondary N) is 1. The van der Waals surface area contributed by atoms with Gasteiger partial charge in [-0.25, -0.2) is 4.79 Å². The van der Waals surface area contributed by atoms with Gasteiger partial charge in [0.15, 0.2) is 0 Å². The molecule has 0 aromatic heterocycles. The molecule has 0 aromatic rings. The molecule has 0 bridgehead atoms. The van der Waals surface area contributed by atoms with Crippen LogP contribution in [0.3, 0.4) is 0 Å². The van der Waals surface area contributed by atoms with Crippen LogP contribution < -0.4 is 5.32 Å². The number of rotatable bonds is 9. The van der Waals surface area contributed by atoms with E-state index in [0.29, 0.717) is 26.1 Å². The molecular weight excluding hydrogens is 236 g/mol. The van der Waals surface area contributed by atoms with Crippen LogP contribution in [0.5, 0.6) is 0 Å². The van der Waals surface area contributed by atoms with Crippen molar-refractivity contribution in [1.29, 1.82) is 0 Å². The quantitative estimate of drug-likeness (QED) is 0.603. The maximum absolute atomic E-state index is 11.5. The van der Waals surface area contributed by atoms with E-state index in [1.165, 1.54) is 17.7 Å². The van der Waals surface area contributed by atoms with Gasteiger partial charge in [-0.3, -0.25) is 4.79 Å². The highest BCUT2D eigenvalue weighted by atomic mass is 16.5. The molecule has 104 valence electrons. The van der Waals surface area contributed by atoms with Crippen molar-refractivity contribution < 1.29 is 19.4 Å². The molecule has 1 aliphatic rings. The first kappa shape index (κ1) is 14.8. The summed E-state index contributed by atoms with van der Waals surface area (Å²) in [5.74, 6) is -0.100. The van der Waals surface area contributed by atoms with E-state index < -0.39 is 5.97 Å². The van der Waals surface area contributed by atoms with Gasteiger partial charge in [0, 0.05) is 33.2 Å². The second-order valence-corrected chi connectivity index (χ2v) is 4.67.